The van der Waals surface area contributed by atoms with Crippen molar-refractivity contribution >= 4 is 5.91 Å². The Bertz CT molecular complexity index is 1400. The van der Waals surface area contributed by atoms with E-state index >= 15 is 0 Å². The van der Waals surface area contributed by atoms with Crippen molar-refractivity contribution in [1.82, 2.24) is 14.7 Å². The number of hydrogen-bond donors (Lipinski definition) is 0. The lowest BCUT2D eigenvalue weighted by Crippen LogP contribution is -2.37. The van der Waals surface area contributed by atoms with Crippen molar-refractivity contribution in [3.63, 3.8) is 0 Å². The predicted octanol–water partition coefficient (Wildman–Crippen LogP) is 5.72. The maximum Gasteiger partial charge on any atom is 0.254 e. The van der Waals surface area contributed by atoms with Gasteiger partial charge >= 0.3 is 0 Å². The second-order valence-electron chi connectivity index (χ2n) is 9.45. The summed E-state index contributed by atoms with van der Waals surface area (Å²) < 4.78 is 24.7. The number of rotatable bonds is 10. The maximum absolute atomic E-state index is 13.9. The Labute approximate surface area is 228 Å². The fraction of sp³-hybridized carbons (Fsp3) is 0.290. The van der Waals surface area contributed by atoms with E-state index in [9.17, 15) is 4.79 Å². The van der Waals surface area contributed by atoms with Crippen molar-refractivity contribution in [1.29, 1.82) is 0 Å². The first kappa shape index (κ1) is 26.3. The van der Waals surface area contributed by atoms with Crippen LogP contribution in [-0.2, 0) is 18.3 Å². The fourth-order valence-corrected chi connectivity index (χ4v) is 4.79. The smallest absolute Gasteiger partial charge is 0.254 e. The SMILES string of the molecule is COc1ccc(Oc2c(CN(CC3CCCO3)C(=O)c3cccc(OC)c3)c(-c3ccccc3)nn2C)cc1. The highest BCUT2D eigenvalue weighted by molar-refractivity contribution is 5.94. The first-order valence-electron chi connectivity index (χ1n) is 13.0. The zero-order chi connectivity index (χ0) is 27.2. The number of hydrogen-bond acceptors (Lipinski definition) is 6. The van der Waals surface area contributed by atoms with Gasteiger partial charge in [-0.3, -0.25) is 4.79 Å². The van der Waals surface area contributed by atoms with Gasteiger partial charge in [0.05, 0.1) is 32.4 Å². The molecule has 1 amide bonds. The van der Waals surface area contributed by atoms with Gasteiger partial charge in [0.15, 0.2) is 0 Å². The van der Waals surface area contributed by atoms with Crippen LogP contribution < -0.4 is 14.2 Å². The third-order valence-electron chi connectivity index (χ3n) is 6.81. The van der Waals surface area contributed by atoms with E-state index in [0.29, 0.717) is 42.6 Å². The van der Waals surface area contributed by atoms with Crippen LogP contribution in [0.5, 0.6) is 23.1 Å². The number of carbonyl (C=O) groups is 1. The molecule has 1 unspecified atom stereocenters. The Morgan fingerprint density at radius 3 is 2.41 bits per heavy atom. The number of aryl methyl sites for hydroxylation is 1. The standard InChI is InChI=1S/C31H33N3O5/c1-33-31(39-25-16-14-24(36-2)15-17-25)28(29(32-33)22-9-5-4-6-10-22)21-34(20-27-13-8-18-38-27)30(35)23-11-7-12-26(19-23)37-3/h4-7,9-12,14-17,19,27H,8,13,18,20-21H2,1-3H3. The Morgan fingerprint density at radius 2 is 1.72 bits per heavy atom. The average Bonchev–Trinajstić information content (AvgIpc) is 3.61. The van der Waals surface area contributed by atoms with E-state index in [1.165, 1.54) is 0 Å². The molecule has 202 valence electrons. The second-order valence-corrected chi connectivity index (χ2v) is 9.45. The first-order chi connectivity index (χ1) is 19.1. The van der Waals surface area contributed by atoms with Crippen molar-refractivity contribution in [3.8, 4) is 34.4 Å². The molecule has 8 nitrogen and oxygen atoms in total. The summed E-state index contributed by atoms with van der Waals surface area (Å²) in [6.07, 6.45) is 1.87. The van der Waals surface area contributed by atoms with Crippen LogP contribution >= 0.6 is 0 Å². The molecule has 1 aliphatic rings. The quantitative estimate of drug-likeness (QED) is 0.263. The summed E-state index contributed by atoms with van der Waals surface area (Å²) in [6, 6.07) is 24.6. The molecule has 0 spiro atoms. The number of benzene rings is 3. The van der Waals surface area contributed by atoms with Crippen molar-refractivity contribution in [2.45, 2.75) is 25.5 Å². The summed E-state index contributed by atoms with van der Waals surface area (Å²) in [7, 11) is 5.07. The molecule has 0 saturated carbocycles. The van der Waals surface area contributed by atoms with E-state index in [4.69, 9.17) is 24.0 Å². The minimum Gasteiger partial charge on any atom is -0.497 e. The van der Waals surface area contributed by atoms with Gasteiger partial charge < -0.3 is 23.8 Å². The van der Waals surface area contributed by atoms with Crippen LogP contribution in [0.15, 0.2) is 78.9 Å². The normalized spacial score (nSPS) is 14.7. The van der Waals surface area contributed by atoms with Crippen LogP contribution in [0.2, 0.25) is 0 Å². The van der Waals surface area contributed by atoms with Crippen molar-refractivity contribution in [3.05, 3.63) is 90.0 Å². The van der Waals surface area contributed by atoms with Gasteiger partial charge in [-0.25, -0.2) is 4.68 Å². The van der Waals surface area contributed by atoms with Crippen LogP contribution in [0.3, 0.4) is 0 Å². The Kier molecular flexibility index (Phi) is 8.13. The monoisotopic (exact) mass is 527 g/mol. The zero-order valence-corrected chi connectivity index (χ0v) is 22.5. The fourth-order valence-electron chi connectivity index (χ4n) is 4.79. The summed E-state index contributed by atoms with van der Waals surface area (Å²) in [4.78, 5) is 15.8. The van der Waals surface area contributed by atoms with Crippen LogP contribution in [0.4, 0.5) is 0 Å². The molecule has 0 radical (unpaired) electrons. The van der Waals surface area contributed by atoms with Crippen LogP contribution in [0.1, 0.15) is 28.8 Å². The lowest BCUT2D eigenvalue weighted by Gasteiger charge is -2.26. The minimum atomic E-state index is -0.109. The van der Waals surface area contributed by atoms with Crippen LogP contribution in [-0.4, -0.2) is 54.1 Å². The van der Waals surface area contributed by atoms with E-state index in [-0.39, 0.29) is 12.0 Å². The summed E-state index contributed by atoms with van der Waals surface area (Å²) in [5.41, 5.74) is 3.07. The highest BCUT2D eigenvalue weighted by atomic mass is 16.5. The van der Waals surface area contributed by atoms with Crippen molar-refractivity contribution < 1.29 is 23.7 Å². The van der Waals surface area contributed by atoms with E-state index in [1.807, 2.05) is 84.7 Å². The molecule has 1 fully saturated rings. The lowest BCUT2D eigenvalue weighted by molar-refractivity contribution is 0.0506. The number of nitrogens with zero attached hydrogens (tertiary/aromatic N) is 3. The molecule has 39 heavy (non-hydrogen) atoms. The number of amides is 1. The Hall–Kier alpha value is -4.30. The predicted molar refractivity (Wildman–Crippen MR) is 148 cm³/mol. The summed E-state index contributed by atoms with van der Waals surface area (Å²) in [6.45, 7) is 1.46. The van der Waals surface area contributed by atoms with Gasteiger partial charge in [0, 0.05) is 31.3 Å². The molecule has 4 aromatic rings. The first-order valence-corrected chi connectivity index (χ1v) is 13.0. The molecule has 1 aliphatic heterocycles. The lowest BCUT2D eigenvalue weighted by atomic mass is 10.1. The Balaban J connectivity index is 1.55. The molecule has 5 rings (SSSR count). The molecule has 8 heteroatoms. The molecule has 1 atom stereocenters. The van der Waals surface area contributed by atoms with E-state index < -0.39 is 0 Å². The van der Waals surface area contributed by atoms with Gasteiger partial charge in [-0.15, -0.1) is 0 Å². The largest absolute Gasteiger partial charge is 0.497 e. The Morgan fingerprint density at radius 1 is 0.974 bits per heavy atom. The van der Waals surface area contributed by atoms with Crippen molar-refractivity contribution in [2.24, 2.45) is 7.05 Å². The van der Waals surface area contributed by atoms with Crippen LogP contribution in [0, 0.1) is 0 Å². The third kappa shape index (κ3) is 6.07. The highest BCUT2D eigenvalue weighted by Crippen LogP contribution is 2.35. The van der Waals surface area contributed by atoms with Crippen LogP contribution in [0.25, 0.3) is 11.3 Å². The highest BCUT2D eigenvalue weighted by Gasteiger charge is 2.28. The summed E-state index contributed by atoms with van der Waals surface area (Å²) in [5, 5.41) is 4.83. The molecule has 1 saturated heterocycles. The number of carbonyl (C=O) groups excluding carboxylic acids is 1. The molecular formula is C31H33N3O5. The average molecular weight is 528 g/mol. The number of methoxy groups -OCH3 is 2. The van der Waals surface area contributed by atoms with E-state index in [1.54, 1.807) is 25.0 Å². The van der Waals surface area contributed by atoms with Gasteiger partial charge in [-0.1, -0.05) is 36.4 Å². The number of ether oxygens (including phenoxy) is 4. The van der Waals surface area contributed by atoms with Gasteiger partial charge in [-0.2, -0.15) is 5.10 Å². The zero-order valence-electron chi connectivity index (χ0n) is 22.5. The summed E-state index contributed by atoms with van der Waals surface area (Å²) in [5.74, 6) is 2.47. The molecule has 3 aromatic carbocycles. The maximum atomic E-state index is 13.9. The molecular weight excluding hydrogens is 494 g/mol. The van der Waals surface area contributed by atoms with E-state index in [0.717, 1.165) is 35.4 Å². The molecule has 2 heterocycles. The van der Waals surface area contributed by atoms with Gasteiger partial charge in [-0.05, 0) is 55.3 Å². The molecule has 0 bridgehead atoms. The molecule has 0 N–H and O–H groups in total. The van der Waals surface area contributed by atoms with Gasteiger partial charge in [0.1, 0.15) is 22.9 Å². The molecule has 0 aliphatic carbocycles. The number of aromatic nitrogens is 2. The third-order valence-corrected chi connectivity index (χ3v) is 6.81. The summed E-state index contributed by atoms with van der Waals surface area (Å²) >= 11 is 0. The van der Waals surface area contributed by atoms with Crippen molar-refractivity contribution in [2.75, 3.05) is 27.4 Å². The van der Waals surface area contributed by atoms with Gasteiger partial charge in [0.25, 0.3) is 5.91 Å². The van der Waals surface area contributed by atoms with E-state index in [2.05, 4.69) is 0 Å². The molecule has 1 aromatic heterocycles. The second kappa shape index (κ2) is 12.0. The minimum absolute atomic E-state index is 0.0256. The van der Waals surface area contributed by atoms with Gasteiger partial charge in [0.2, 0.25) is 5.88 Å². The topological polar surface area (TPSA) is 75.1 Å².